The number of rotatable bonds is 3. The van der Waals surface area contributed by atoms with Crippen LogP contribution in [0.4, 0.5) is 0 Å². The van der Waals surface area contributed by atoms with Crippen molar-refractivity contribution in [1.29, 1.82) is 0 Å². The van der Waals surface area contributed by atoms with E-state index in [4.69, 9.17) is 10.5 Å². The van der Waals surface area contributed by atoms with E-state index in [-0.39, 0.29) is 11.4 Å². The van der Waals surface area contributed by atoms with E-state index >= 15 is 0 Å². The Kier molecular flexibility index (Phi) is 2.79. The van der Waals surface area contributed by atoms with Gasteiger partial charge in [0.25, 0.3) is 0 Å². The second kappa shape index (κ2) is 3.85. The summed E-state index contributed by atoms with van der Waals surface area (Å²) in [6.45, 7) is 0. The third-order valence-corrected chi connectivity index (χ3v) is 3.59. The summed E-state index contributed by atoms with van der Waals surface area (Å²) < 4.78 is 7.22. The second-order valence-corrected chi connectivity index (χ2v) is 4.95. The molecule has 5 nitrogen and oxygen atoms in total. The van der Waals surface area contributed by atoms with Crippen LogP contribution in [0, 0.1) is 0 Å². The molecular formula is C10H14BrN3O2. The standard InChI is InChI=1S/C10H14BrN3O2/c1-14-6(5-7(11)13-14)10(3-4-10)8(12)9(15)16-2/h5,8H,3-4,12H2,1-2H3. The van der Waals surface area contributed by atoms with E-state index in [0.717, 1.165) is 23.1 Å². The number of aryl methyl sites for hydroxylation is 1. The van der Waals surface area contributed by atoms with Gasteiger partial charge in [0.15, 0.2) is 0 Å². The van der Waals surface area contributed by atoms with Gasteiger partial charge < -0.3 is 10.5 Å². The summed E-state index contributed by atoms with van der Waals surface area (Å²) >= 11 is 3.32. The van der Waals surface area contributed by atoms with Gasteiger partial charge in [-0.25, -0.2) is 0 Å². The average Bonchev–Trinajstić information content (AvgIpc) is 2.98. The molecule has 2 N–H and O–H groups in total. The van der Waals surface area contributed by atoms with Crippen LogP contribution in [0.1, 0.15) is 18.5 Å². The summed E-state index contributed by atoms with van der Waals surface area (Å²) in [5.74, 6) is -0.366. The minimum Gasteiger partial charge on any atom is -0.468 e. The van der Waals surface area contributed by atoms with E-state index in [9.17, 15) is 4.79 Å². The Morgan fingerprint density at radius 1 is 1.75 bits per heavy atom. The van der Waals surface area contributed by atoms with Crippen LogP contribution < -0.4 is 5.73 Å². The molecule has 0 radical (unpaired) electrons. The topological polar surface area (TPSA) is 70.1 Å². The first-order chi connectivity index (χ1) is 7.51. The average molecular weight is 288 g/mol. The largest absolute Gasteiger partial charge is 0.468 e. The van der Waals surface area contributed by atoms with E-state index in [0.29, 0.717) is 0 Å². The molecule has 1 aromatic heterocycles. The first kappa shape index (κ1) is 11.6. The zero-order valence-corrected chi connectivity index (χ0v) is 10.8. The van der Waals surface area contributed by atoms with Crippen LogP contribution in [0.15, 0.2) is 10.7 Å². The highest BCUT2D eigenvalue weighted by molar-refractivity contribution is 9.10. The zero-order chi connectivity index (χ0) is 11.9. The molecule has 0 saturated heterocycles. The van der Waals surface area contributed by atoms with E-state index in [1.54, 1.807) is 4.68 Å². The van der Waals surface area contributed by atoms with Crippen LogP contribution in [-0.4, -0.2) is 28.9 Å². The first-order valence-corrected chi connectivity index (χ1v) is 5.84. The molecule has 0 spiro atoms. The Balaban J connectivity index is 2.33. The number of ether oxygens (including phenoxy) is 1. The van der Waals surface area contributed by atoms with E-state index in [2.05, 4.69) is 21.0 Å². The smallest absolute Gasteiger partial charge is 0.323 e. The summed E-state index contributed by atoms with van der Waals surface area (Å²) in [6, 6.07) is 1.30. The van der Waals surface area contributed by atoms with Gasteiger partial charge in [0.05, 0.1) is 7.11 Å². The van der Waals surface area contributed by atoms with Crippen molar-refractivity contribution in [2.45, 2.75) is 24.3 Å². The van der Waals surface area contributed by atoms with Crippen LogP contribution in [0.25, 0.3) is 0 Å². The normalized spacial score (nSPS) is 19.2. The van der Waals surface area contributed by atoms with Gasteiger partial charge in [0.2, 0.25) is 0 Å². The predicted octanol–water partition coefficient (Wildman–Crippen LogP) is 0.714. The first-order valence-electron chi connectivity index (χ1n) is 5.05. The number of nitrogens with two attached hydrogens (primary N) is 1. The molecule has 16 heavy (non-hydrogen) atoms. The predicted molar refractivity (Wildman–Crippen MR) is 61.8 cm³/mol. The van der Waals surface area contributed by atoms with Crippen molar-refractivity contribution in [2.75, 3.05) is 7.11 Å². The number of nitrogens with zero attached hydrogens (tertiary/aromatic N) is 2. The van der Waals surface area contributed by atoms with Crippen molar-refractivity contribution in [1.82, 2.24) is 9.78 Å². The number of methoxy groups -OCH3 is 1. The number of hydrogen-bond acceptors (Lipinski definition) is 4. The van der Waals surface area contributed by atoms with Crippen LogP contribution in [-0.2, 0) is 22.0 Å². The number of hydrogen-bond donors (Lipinski definition) is 1. The second-order valence-electron chi connectivity index (χ2n) is 4.13. The van der Waals surface area contributed by atoms with E-state index in [1.165, 1.54) is 7.11 Å². The summed E-state index contributed by atoms with van der Waals surface area (Å²) in [5.41, 5.74) is 6.64. The molecule has 88 valence electrons. The lowest BCUT2D eigenvalue weighted by Crippen LogP contribution is -2.43. The van der Waals surface area contributed by atoms with Gasteiger partial charge in [-0.2, -0.15) is 5.10 Å². The molecule has 1 unspecified atom stereocenters. The fraction of sp³-hybridized carbons (Fsp3) is 0.600. The van der Waals surface area contributed by atoms with Gasteiger partial charge >= 0.3 is 5.97 Å². The molecule has 1 fully saturated rings. The van der Waals surface area contributed by atoms with Crippen molar-refractivity contribution in [3.05, 3.63) is 16.4 Å². The Bertz CT molecular complexity index is 426. The summed E-state index contributed by atoms with van der Waals surface area (Å²) in [5, 5.41) is 4.21. The van der Waals surface area contributed by atoms with Gasteiger partial charge in [-0.3, -0.25) is 9.48 Å². The Morgan fingerprint density at radius 2 is 2.38 bits per heavy atom. The number of carbonyl (C=O) groups excluding carboxylic acids is 1. The molecule has 0 amide bonds. The van der Waals surface area contributed by atoms with Gasteiger partial charge in [-0.15, -0.1) is 0 Å². The number of carbonyl (C=O) groups is 1. The van der Waals surface area contributed by atoms with Gasteiger partial charge in [-0.05, 0) is 34.8 Å². The minimum absolute atomic E-state index is 0.291. The van der Waals surface area contributed by atoms with Crippen LogP contribution >= 0.6 is 15.9 Å². The van der Waals surface area contributed by atoms with E-state index < -0.39 is 6.04 Å². The van der Waals surface area contributed by atoms with Crippen molar-refractivity contribution < 1.29 is 9.53 Å². The SMILES string of the molecule is COC(=O)C(N)C1(c2cc(Br)nn2C)CC1. The lowest BCUT2D eigenvalue weighted by atomic mass is 9.93. The minimum atomic E-state index is -0.611. The number of halogens is 1. The van der Waals surface area contributed by atoms with Gasteiger partial charge in [0.1, 0.15) is 10.6 Å². The monoisotopic (exact) mass is 287 g/mol. The Hall–Kier alpha value is -0.880. The quantitative estimate of drug-likeness (QED) is 0.832. The highest BCUT2D eigenvalue weighted by atomic mass is 79.9. The van der Waals surface area contributed by atoms with Crippen LogP contribution in [0.5, 0.6) is 0 Å². The molecule has 0 aliphatic heterocycles. The third kappa shape index (κ3) is 1.66. The van der Waals surface area contributed by atoms with E-state index in [1.807, 2.05) is 13.1 Å². The molecule has 1 saturated carbocycles. The third-order valence-electron chi connectivity index (χ3n) is 3.20. The van der Waals surface area contributed by atoms with Crippen molar-refractivity contribution in [3.8, 4) is 0 Å². The van der Waals surface area contributed by atoms with Crippen molar-refractivity contribution in [2.24, 2.45) is 12.8 Å². The maximum Gasteiger partial charge on any atom is 0.323 e. The highest BCUT2D eigenvalue weighted by Crippen LogP contribution is 2.50. The van der Waals surface area contributed by atoms with Crippen LogP contribution in [0.2, 0.25) is 0 Å². The lowest BCUT2D eigenvalue weighted by Gasteiger charge is -2.21. The molecule has 6 heteroatoms. The molecule has 1 aliphatic rings. The molecule has 2 rings (SSSR count). The Labute approximate surface area is 102 Å². The molecular weight excluding hydrogens is 274 g/mol. The van der Waals surface area contributed by atoms with Crippen LogP contribution in [0.3, 0.4) is 0 Å². The molecule has 1 aromatic rings. The fourth-order valence-electron chi connectivity index (χ4n) is 2.11. The van der Waals surface area contributed by atoms with Gasteiger partial charge in [-0.1, -0.05) is 0 Å². The highest BCUT2D eigenvalue weighted by Gasteiger charge is 2.54. The summed E-state index contributed by atoms with van der Waals surface area (Å²) in [4.78, 5) is 11.5. The molecule has 1 heterocycles. The molecule has 0 bridgehead atoms. The summed E-state index contributed by atoms with van der Waals surface area (Å²) in [6.07, 6.45) is 1.80. The molecule has 0 aromatic carbocycles. The lowest BCUT2D eigenvalue weighted by molar-refractivity contribution is -0.143. The fourth-order valence-corrected chi connectivity index (χ4v) is 2.57. The zero-order valence-electron chi connectivity index (χ0n) is 9.24. The maximum atomic E-state index is 11.5. The van der Waals surface area contributed by atoms with Crippen molar-refractivity contribution in [3.63, 3.8) is 0 Å². The Morgan fingerprint density at radius 3 is 2.75 bits per heavy atom. The number of esters is 1. The molecule has 1 aliphatic carbocycles. The number of aromatic nitrogens is 2. The van der Waals surface area contributed by atoms with Gasteiger partial charge in [0, 0.05) is 18.2 Å². The van der Waals surface area contributed by atoms with Crippen molar-refractivity contribution >= 4 is 21.9 Å². The summed E-state index contributed by atoms with van der Waals surface area (Å²) in [7, 11) is 3.21. The molecule has 1 atom stereocenters. The maximum absolute atomic E-state index is 11.5.